The van der Waals surface area contributed by atoms with Gasteiger partial charge in [0.25, 0.3) is 0 Å². The van der Waals surface area contributed by atoms with E-state index >= 15 is 0 Å². The molecule has 1 aliphatic rings. The summed E-state index contributed by atoms with van der Waals surface area (Å²) in [7, 11) is 1.61. The smallest absolute Gasteiger partial charge is 0.127 e. The third-order valence-electron chi connectivity index (χ3n) is 3.85. The fourth-order valence-corrected chi connectivity index (χ4v) is 3.89. The number of ether oxygens (including phenoxy) is 1. The van der Waals surface area contributed by atoms with Crippen molar-refractivity contribution in [2.75, 3.05) is 12.9 Å². The summed E-state index contributed by atoms with van der Waals surface area (Å²) in [6.07, 6.45) is 0.0449. The number of methoxy groups -OCH3 is 1. The van der Waals surface area contributed by atoms with E-state index in [2.05, 4.69) is 0 Å². The monoisotopic (exact) mass is 304 g/mol. The molecule has 0 aliphatic carbocycles. The van der Waals surface area contributed by atoms with E-state index in [-0.39, 0.29) is 11.7 Å². The van der Waals surface area contributed by atoms with Crippen LogP contribution in [0.2, 0.25) is 0 Å². The number of thioether (sulfide) groups is 1. The van der Waals surface area contributed by atoms with Crippen LogP contribution in [0.25, 0.3) is 0 Å². The van der Waals surface area contributed by atoms with Gasteiger partial charge in [0.05, 0.1) is 13.2 Å². The average molecular weight is 304 g/mol. The Hall–Kier alpha value is -1.52. The average Bonchev–Trinajstić information content (AvgIpc) is 2.66. The van der Waals surface area contributed by atoms with Crippen LogP contribution in [0.1, 0.15) is 23.5 Å². The lowest BCUT2D eigenvalue weighted by Crippen LogP contribution is -2.20. The van der Waals surface area contributed by atoms with Crippen molar-refractivity contribution in [1.29, 1.82) is 0 Å². The minimum atomic E-state index is -0.595. The molecule has 0 amide bonds. The molecule has 21 heavy (non-hydrogen) atoms. The van der Waals surface area contributed by atoms with Crippen molar-refractivity contribution in [3.8, 4) is 5.75 Å². The molecule has 2 aromatic rings. The molecule has 0 fully saturated rings. The Bertz CT molecular complexity index is 644. The third kappa shape index (κ3) is 2.78. The zero-order valence-corrected chi connectivity index (χ0v) is 12.6. The molecule has 2 unspecified atom stereocenters. The molecule has 2 aromatic carbocycles. The lowest BCUT2D eigenvalue weighted by molar-refractivity contribution is 0.152. The summed E-state index contributed by atoms with van der Waals surface area (Å²) >= 11 is 1.70. The number of fused-ring (bicyclic) bond motifs is 1. The Morgan fingerprint density at radius 2 is 2.00 bits per heavy atom. The summed E-state index contributed by atoms with van der Waals surface area (Å²) in [4.78, 5) is 1.08. The van der Waals surface area contributed by atoms with E-state index in [1.54, 1.807) is 31.0 Å². The molecule has 4 heteroatoms. The number of hydrogen-bond donors (Lipinski definition) is 1. The molecule has 1 aliphatic heterocycles. The van der Waals surface area contributed by atoms with Crippen LogP contribution in [0.3, 0.4) is 0 Å². The second kappa shape index (κ2) is 6.08. The molecule has 1 N–H and O–H groups in total. The Morgan fingerprint density at radius 3 is 2.76 bits per heavy atom. The van der Waals surface area contributed by atoms with Crippen LogP contribution in [-0.4, -0.2) is 24.1 Å². The van der Waals surface area contributed by atoms with Crippen LogP contribution in [0.15, 0.2) is 47.4 Å². The zero-order valence-electron chi connectivity index (χ0n) is 11.8. The van der Waals surface area contributed by atoms with Gasteiger partial charge in [0.2, 0.25) is 0 Å². The van der Waals surface area contributed by atoms with Crippen molar-refractivity contribution in [3.05, 3.63) is 59.4 Å². The van der Waals surface area contributed by atoms with Gasteiger partial charge in [-0.25, -0.2) is 4.39 Å². The highest BCUT2D eigenvalue weighted by Crippen LogP contribution is 2.42. The van der Waals surface area contributed by atoms with E-state index in [9.17, 15) is 9.50 Å². The lowest BCUT2D eigenvalue weighted by atomic mass is 9.85. The molecule has 3 rings (SSSR count). The fourth-order valence-electron chi connectivity index (χ4n) is 2.79. The van der Waals surface area contributed by atoms with Crippen molar-refractivity contribution in [2.24, 2.45) is 0 Å². The normalized spacial score (nSPS) is 21.5. The maximum absolute atomic E-state index is 14.2. The van der Waals surface area contributed by atoms with Crippen LogP contribution in [0.4, 0.5) is 4.39 Å². The first-order valence-corrected chi connectivity index (χ1v) is 7.92. The summed E-state index contributed by atoms with van der Waals surface area (Å²) < 4.78 is 19.5. The van der Waals surface area contributed by atoms with Crippen molar-refractivity contribution in [3.63, 3.8) is 0 Å². The van der Waals surface area contributed by atoms with Gasteiger partial charge in [-0.15, -0.1) is 11.8 Å². The standard InChI is InChI=1S/C17H17FO2S/c1-20-11-6-7-16-13(10-11)17(15(19)8-9-21-16)12-4-2-3-5-14(12)18/h2-7,10,15,17,19H,8-9H2,1H3. The molecule has 0 saturated heterocycles. The number of hydrogen-bond acceptors (Lipinski definition) is 3. The minimum absolute atomic E-state index is 0.276. The first-order chi connectivity index (χ1) is 10.2. The summed E-state index contributed by atoms with van der Waals surface area (Å²) in [5.41, 5.74) is 1.48. The summed E-state index contributed by atoms with van der Waals surface area (Å²) in [5, 5.41) is 10.5. The Kier molecular flexibility index (Phi) is 4.17. The van der Waals surface area contributed by atoms with Crippen LogP contribution in [-0.2, 0) is 0 Å². The van der Waals surface area contributed by atoms with Gasteiger partial charge < -0.3 is 9.84 Å². The van der Waals surface area contributed by atoms with Crippen molar-refractivity contribution >= 4 is 11.8 Å². The third-order valence-corrected chi connectivity index (χ3v) is 4.97. The van der Waals surface area contributed by atoms with E-state index < -0.39 is 6.10 Å². The zero-order chi connectivity index (χ0) is 14.8. The lowest BCUT2D eigenvalue weighted by Gasteiger charge is -2.23. The molecule has 2 nitrogen and oxygen atoms in total. The van der Waals surface area contributed by atoms with Gasteiger partial charge in [-0.1, -0.05) is 18.2 Å². The summed E-state index contributed by atoms with van der Waals surface area (Å²) in [6, 6.07) is 12.5. The predicted molar refractivity (Wildman–Crippen MR) is 82.6 cm³/mol. The van der Waals surface area contributed by atoms with Gasteiger partial charge in [-0.05, 0) is 41.8 Å². The quantitative estimate of drug-likeness (QED) is 0.914. The molecule has 0 bridgehead atoms. The molecule has 0 aromatic heterocycles. The summed E-state index contributed by atoms with van der Waals surface area (Å²) in [6.45, 7) is 0. The second-order valence-corrected chi connectivity index (χ2v) is 6.24. The molecule has 1 heterocycles. The van der Waals surface area contributed by atoms with E-state index in [0.29, 0.717) is 12.0 Å². The number of rotatable bonds is 2. The van der Waals surface area contributed by atoms with Crippen LogP contribution in [0.5, 0.6) is 5.75 Å². The highest BCUT2D eigenvalue weighted by atomic mass is 32.2. The topological polar surface area (TPSA) is 29.5 Å². The molecular weight excluding hydrogens is 287 g/mol. The van der Waals surface area contributed by atoms with E-state index in [1.165, 1.54) is 6.07 Å². The maximum atomic E-state index is 14.2. The number of aliphatic hydroxyl groups is 1. The molecule has 110 valence electrons. The van der Waals surface area contributed by atoms with Gasteiger partial charge in [0.1, 0.15) is 11.6 Å². The summed E-state index contributed by atoms with van der Waals surface area (Å²) in [5.74, 6) is 0.921. The largest absolute Gasteiger partial charge is 0.497 e. The SMILES string of the molecule is COc1ccc2c(c1)C(c1ccccc1F)C(O)CCS2. The van der Waals surface area contributed by atoms with Crippen molar-refractivity contribution in [1.82, 2.24) is 0 Å². The van der Waals surface area contributed by atoms with Crippen LogP contribution < -0.4 is 4.74 Å². The first-order valence-electron chi connectivity index (χ1n) is 6.94. The molecular formula is C17H17FO2S. The highest BCUT2D eigenvalue weighted by Gasteiger charge is 2.30. The molecule has 0 saturated carbocycles. The van der Waals surface area contributed by atoms with Crippen LogP contribution in [0, 0.1) is 5.82 Å². The molecule has 0 spiro atoms. The van der Waals surface area contributed by atoms with Gasteiger partial charge in [0, 0.05) is 16.6 Å². The van der Waals surface area contributed by atoms with E-state index in [1.807, 2.05) is 24.3 Å². The van der Waals surface area contributed by atoms with Crippen molar-refractivity contribution in [2.45, 2.75) is 23.3 Å². The number of halogens is 1. The second-order valence-electron chi connectivity index (χ2n) is 5.11. The van der Waals surface area contributed by atoms with E-state index in [0.717, 1.165) is 22.0 Å². The first kappa shape index (κ1) is 14.4. The Balaban J connectivity index is 2.16. The van der Waals surface area contributed by atoms with Gasteiger partial charge in [-0.3, -0.25) is 0 Å². The van der Waals surface area contributed by atoms with Crippen LogP contribution >= 0.6 is 11.8 Å². The Morgan fingerprint density at radius 1 is 1.19 bits per heavy atom. The van der Waals surface area contributed by atoms with Gasteiger partial charge in [0.15, 0.2) is 0 Å². The molecule has 2 atom stereocenters. The highest BCUT2D eigenvalue weighted by molar-refractivity contribution is 7.99. The van der Waals surface area contributed by atoms with E-state index in [4.69, 9.17) is 4.74 Å². The maximum Gasteiger partial charge on any atom is 0.127 e. The van der Waals surface area contributed by atoms with Gasteiger partial charge in [-0.2, -0.15) is 0 Å². The Labute approximate surface area is 128 Å². The van der Waals surface area contributed by atoms with Gasteiger partial charge >= 0.3 is 0 Å². The fraction of sp³-hybridized carbons (Fsp3) is 0.294. The number of aliphatic hydroxyl groups excluding tert-OH is 1. The minimum Gasteiger partial charge on any atom is -0.497 e. The molecule has 0 radical (unpaired) electrons. The van der Waals surface area contributed by atoms with Crippen molar-refractivity contribution < 1.29 is 14.2 Å². The number of benzene rings is 2. The predicted octanol–water partition coefficient (Wildman–Crippen LogP) is 3.82.